The molecule has 0 radical (unpaired) electrons. The number of benzene rings is 1. The second-order valence-electron chi connectivity index (χ2n) is 5.48. The third kappa shape index (κ3) is 5.44. The highest BCUT2D eigenvalue weighted by atomic mass is 16.5. The van der Waals surface area contributed by atoms with Crippen LogP contribution in [0, 0.1) is 11.8 Å². The zero-order valence-corrected chi connectivity index (χ0v) is 12.2. The van der Waals surface area contributed by atoms with Crippen molar-refractivity contribution in [1.82, 2.24) is 0 Å². The fourth-order valence-corrected chi connectivity index (χ4v) is 1.87. The normalized spacial score (nSPS) is 12.5. The van der Waals surface area contributed by atoms with Crippen LogP contribution in [0.3, 0.4) is 0 Å². The summed E-state index contributed by atoms with van der Waals surface area (Å²) in [5, 5.41) is 3.50. The average molecular weight is 249 g/mol. The Bertz CT molecular complexity index is 336. The summed E-state index contributed by atoms with van der Waals surface area (Å²) < 4.78 is 5.83. The third-order valence-corrected chi connectivity index (χ3v) is 2.88. The van der Waals surface area contributed by atoms with Crippen molar-refractivity contribution in [3.05, 3.63) is 24.3 Å². The number of hydrogen-bond acceptors (Lipinski definition) is 2. The smallest absolute Gasteiger partial charge is 0.142 e. The van der Waals surface area contributed by atoms with Crippen LogP contribution in [0.4, 0.5) is 5.69 Å². The molecular weight excluding hydrogens is 222 g/mol. The summed E-state index contributed by atoms with van der Waals surface area (Å²) in [5.74, 6) is 2.22. The molecular formula is C16H27NO. The van der Waals surface area contributed by atoms with Crippen LogP contribution in [0.15, 0.2) is 24.3 Å². The van der Waals surface area contributed by atoms with E-state index in [0.29, 0.717) is 11.8 Å². The molecule has 0 saturated carbocycles. The van der Waals surface area contributed by atoms with Gasteiger partial charge in [0.05, 0.1) is 12.3 Å². The molecule has 1 aromatic rings. The van der Waals surface area contributed by atoms with Crippen molar-refractivity contribution in [3.63, 3.8) is 0 Å². The molecule has 1 unspecified atom stereocenters. The standard InChI is InChI=1S/C16H27NO/c1-5-8-14(4)11-17-15-9-6-7-10-16(15)18-12-13(2)3/h6-7,9-10,13-14,17H,5,8,11-12H2,1-4H3. The maximum atomic E-state index is 5.83. The first-order valence-electron chi connectivity index (χ1n) is 7.09. The Morgan fingerprint density at radius 2 is 1.89 bits per heavy atom. The molecule has 0 heterocycles. The molecule has 2 heteroatoms. The highest BCUT2D eigenvalue weighted by Crippen LogP contribution is 2.24. The van der Waals surface area contributed by atoms with Crippen LogP contribution >= 0.6 is 0 Å². The van der Waals surface area contributed by atoms with Crippen LogP contribution in [-0.2, 0) is 0 Å². The van der Waals surface area contributed by atoms with Crippen LogP contribution in [0.2, 0.25) is 0 Å². The average Bonchev–Trinajstić information content (AvgIpc) is 2.35. The minimum absolute atomic E-state index is 0.553. The van der Waals surface area contributed by atoms with Gasteiger partial charge in [-0.3, -0.25) is 0 Å². The highest BCUT2D eigenvalue weighted by molar-refractivity contribution is 5.56. The van der Waals surface area contributed by atoms with Crippen LogP contribution in [0.5, 0.6) is 5.75 Å². The van der Waals surface area contributed by atoms with E-state index in [1.54, 1.807) is 0 Å². The predicted molar refractivity (Wildman–Crippen MR) is 79.3 cm³/mol. The first-order valence-corrected chi connectivity index (χ1v) is 7.09. The van der Waals surface area contributed by atoms with Crippen molar-refractivity contribution in [2.45, 2.75) is 40.5 Å². The Balaban J connectivity index is 2.53. The van der Waals surface area contributed by atoms with Gasteiger partial charge in [0.1, 0.15) is 5.75 Å². The van der Waals surface area contributed by atoms with Crippen LogP contribution in [0.1, 0.15) is 40.5 Å². The van der Waals surface area contributed by atoms with Crippen molar-refractivity contribution >= 4 is 5.69 Å². The molecule has 0 aliphatic rings. The van der Waals surface area contributed by atoms with Gasteiger partial charge in [-0.1, -0.05) is 46.2 Å². The lowest BCUT2D eigenvalue weighted by Gasteiger charge is -2.16. The van der Waals surface area contributed by atoms with Crippen molar-refractivity contribution in [2.24, 2.45) is 11.8 Å². The molecule has 0 aliphatic heterocycles. The second kappa shape index (κ2) is 8.02. The minimum Gasteiger partial charge on any atom is -0.491 e. The molecule has 0 amide bonds. The minimum atomic E-state index is 0.553. The largest absolute Gasteiger partial charge is 0.491 e. The number of hydrogen-bond donors (Lipinski definition) is 1. The zero-order valence-electron chi connectivity index (χ0n) is 12.2. The van der Waals surface area contributed by atoms with E-state index in [0.717, 1.165) is 24.6 Å². The summed E-state index contributed by atoms with van der Waals surface area (Å²) in [5.41, 5.74) is 1.11. The molecule has 0 aromatic heterocycles. The van der Waals surface area contributed by atoms with E-state index in [9.17, 15) is 0 Å². The number of ether oxygens (including phenoxy) is 1. The SMILES string of the molecule is CCCC(C)CNc1ccccc1OCC(C)C. The van der Waals surface area contributed by atoms with E-state index in [-0.39, 0.29) is 0 Å². The quantitative estimate of drug-likeness (QED) is 0.728. The fourth-order valence-electron chi connectivity index (χ4n) is 1.87. The van der Waals surface area contributed by atoms with E-state index >= 15 is 0 Å². The monoisotopic (exact) mass is 249 g/mol. The van der Waals surface area contributed by atoms with Crippen molar-refractivity contribution < 1.29 is 4.74 Å². The summed E-state index contributed by atoms with van der Waals surface area (Å²) in [6, 6.07) is 8.20. The lowest BCUT2D eigenvalue weighted by Crippen LogP contribution is -2.12. The molecule has 0 fully saturated rings. The molecule has 0 bridgehead atoms. The van der Waals surface area contributed by atoms with Crippen LogP contribution in [-0.4, -0.2) is 13.2 Å². The lowest BCUT2D eigenvalue weighted by atomic mass is 10.1. The van der Waals surface area contributed by atoms with Crippen molar-refractivity contribution in [2.75, 3.05) is 18.5 Å². The first-order chi connectivity index (χ1) is 8.63. The van der Waals surface area contributed by atoms with Crippen molar-refractivity contribution in [3.8, 4) is 5.75 Å². The first kappa shape index (κ1) is 14.9. The van der Waals surface area contributed by atoms with Gasteiger partial charge in [0.25, 0.3) is 0 Å². The maximum Gasteiger partial charge on any atom is 0.142 e. The molecule has 102 valence electrons. The van der Waals surface area contributed by atoms with Gasteiger partial charge < -0.3 is 10.1 Å². The van der Waals surface area contributed by atoms with Gasteiger partial charge in [0.2, 0.25) is 0 Å². The van der Waals surface area contributed by atoms with E-state index in [1.807, 2.05) is 12.1 Å². The Morgan fingerprint density at radius 3 is 2.56 bits per heavy atom. The predicted octanol–water partition coefficient (Wildman–Crippen LogP) is 4.57. The van der Waals surface area contributed by atoms with Gasteiger partial charge in [0, 0.05) is 6.54 Å². The summed E-state index contributed by atoms with van der Waals surface area (Å²) in [6.45, 7) is 10.6. The number of rotatable bonds is 8. The Labute approximate surface area is 112 Å². The van der Waals surface area contributed by atoms with Gasteiger partial charge in [-0.15, -0.1) is 0 Å². The number of anilines is 1. The summed E-state index contributed by atoms with van der Waals surface area (Å²) >= 11 is 0. The van der Waals surface area contributed by atoms with Crippen molar-refractivity contribution in [1.29, 1.82) is 0 Å². The fraction of sp³-hybridized carbons (Fsp3) is 0.625. The summed E-state index contributed by atoms with van der Waals surface area (Å²) in [7, 11) is 0. The van der Waals surface area contributed by atoms with Gasteiger partial charge >= 0.3 is 0 Å². The van der Waals surface area contributed by atoms with E-state index in [2.05, 4.69) is 45.1 Å². The van der Waals surface area contributed by atoms with Gasteiger partial charge in [-0.2, -0.15) is 0 Å². The van der Waals surface area contributed by atoms with Gasteiger partial charge in [-0.25, -0.2) is 0 Å². The molecule has 1 aromatic carbocycles. The Hall–Kier alpha value is -1.18. The Kier molecular flexibility index (Phi) is 6.63. The highest BCUT2D eigenvalue weighted by Gasteiger charge is 2.05. The lowest BCUT2D eigenvalue weighted by molar-refractivity contribution is 0.272. The molecule has 1 N–H and O–H groups in total. The summed E-state index contributed by atoms with van der Waals surface area (Å²) in [6.07, 6.45) is 2.51. The topological polar surface area (TPSA) is 21.3 Å². The zero-order chi connectivity index (χ0) is 13.4. The van der Waals surface area contributed by atoms with Gasteiger partial charge in [-0.05, 0) is 30.4 Å². The summed E-state index contributed by atoms with van der Waals surface area (Å²) in [4.78, 5) is 0. The van der Waals surface area contributed by atoms with Gasteiger partial charge in [0.15, 0.2) is 0 Å². The van der Waals surface area contributed by atoms with E-state index in [1.165, 1.54) is 12.8 Å². The molecule has 18 heavy (non-hydrogen) atoms. The van der Waals surface area contributed by atoms with Crippen LogP contribution < -0.4 is 10.1 Å². The number of para-hydroxylation sites is 2. The second-order valence-corrected chi connectivity index (χ2v) is 5.48. The molecule has 1 atom stereocenters. The number of nitrogens with one attached hydrogen (secondary N) is 1. The van der Waals surface area contributed by atoms with Crippen LogP contribution in [0.25, 0.3) is 0 Å². The Morgan fingerprint density at radius 1 is 1.17 bits per heavy atom. The molecule has 0 aliphatic carbocycles. The van der Waals surface area contributed by atoms with E-state index in [4.69, 9.17) is 4.74 Å². The molecule has 0 spiro atoms. The molecule has 0 saturated heterocycles. The third-order valence-electron chi connectivity index (χ3n) is 2.88. The maximum absolute atomic E-state index is 5.83. The molecule has 2 nitrogen and oxygen atoms in total. The van der Waals surface area contributed by atoms with E-state index < -0.39 is 0 Å². The molecule has 1 rings (SSSR count).